The van der Waals surface area contributed by atoms with Gasteiger partial charge in [-0.3, -0.25) is 0 Å². The topological polar surface area (TPSA) is 9.23 Å². The van der Waals surface area contributed by atoms with E-state index < -0.39 is 20.8 Å². The number of methoxy groups -OCH3 is 1. The van der Waals surface area contributed by atoms with Crippen LogP contribution in [0.1, 0.15) is 108 Å². The molecule has 1 aliphatic carbocycles. The molecule has 0 aromatic heterocycles. The average molecular weight is 869 g/mol. The molecule has 0 atom stereocenters. The van der Waals surface area contributed by atoms with Crippen molar-refractivity contribution in [1.82, 2.24) is 0 Å². The molecule has 6 aromatic carbocycles. The van der Waals surface area contributed by atoms with Crippen LogP contribution in [0.3, 0.4) is 0 Å². The number of rotatable bonds is 3. The van der Waals surface area contributed by atoms with Crippen LogP contribution in [0.5, 0.6) is 5.75 Å². The molecular formula is C50H62Cl2OSiZr. The summed E-state index contributed by atoms with van der Waals surface area (Å²) in [5.74, 6) is 0.999. The number of fused-ring (bicyclic) bond motifs is 3. The predicted octanol–water partition coefficient (Wildman–Crippen LogP) is 15.6. The van der Waals surface area contributed by atoms with Gasteiger partial charge in [0, 0.05) is 9.52 Å². The first-order valence-electron chi connectivity index (χ1n) is 19.6. The fourth-order valence-electron chi connectivity index (χ4n) is 7.72. The van der Waals surface area contributed by atoms with Gasteiger partial charge in [-0.15, -0.1) is 56.9 Å². The zero-order valence-corrected chi connectivity index (χ0v) is 40.8. The molecule has 7 rings (SSSR count). The van der Waals surface area contributed by atoms with Crippen LogP contribution < -0.4 is 4.74 Å². The Morgan fingerprint density at radius 3 is 1.45 bits per heavy atom. The van der Waals surface area contributed by atoms with E-state index in [0.717, 1.165) is 15.3 Å². The molecule has 0 spiro atoms. The Bertz CT molecular complexity index is 2160. The van der Waals surface area contributed by atoms with E-state index in [0.29, 0.717) is 0 Å². The van der Waals surface area contributed by atoms with E-state index in [1.807, 2.05) is 0 Å². The second-order valence-corrected chi connectivity index (χ2v) is 22.9. The first-order chi connectivity index (χ1) is 25.8. The summed E-state index contributed by atoms with van der Waals surface area (Å²) in [4.78, 5) is 0. The summed E-state index contributed by atoms with van der Waals surface area (Å²) < 4.78 is 5.97. The number of hydrogen-bond acceptors (Lipinski definition) is 1. The van der Waals surface area contributed by atoms with Crippen molar-refractivity contribution >= 4 is 48.1 Å². The fourth-order valence-corrected chi connectivity index (χ4v) is 7.72. The van der Waals surface area contributed by atoms with Crippen LogP contribution in [0.25, 0.3) is 43.8 Å². The van der Waals surface area contributed by atoms with Crippen LogP contribution in [-0.2, 0) is 49.9 Å². The molecule has 0 fully saturated rings. The van der Waals surface area contributed by atoms with Gasteiger partial charge in [-0.2, -0.15) is 12.1 Å². The van der Waals surface area contributed by atoms with Crippen molar-refractivity contribution < 1.29 is 25.6 Å². The third kappa shape index (κ3) is 11.0. The Morgan fingerprint density at radius 2 is 1.04 bits per heavy atom. The van der Waals surface area contributed by atoms with Gasteiger partial charge >= 0.3 is 37.9 Å². The summed E-state index contributed by atoms with van der Waals surface area (Å²) >= 11 is -0.826. The van der Waals surface area contributed by atoms with Crippen molar-refractivity contribution in [2.75, 3.05) is 7.11 Å². The van der Waals surface area contributed by atoms with Gasteiger partial charge in [0.05, 0.1) is 7.11 Å². The molecule has 6 aromatic rings. The number of benzene rings is 4. The second kappa shape index (κ2) is 18.9. The van der Waals surface area contributed by atoms with Crippen molar-refractivity contribution in [2.24, 2.45) is 0 Å². The van der Waals surface area contributed by atoms with E-state index in [9.17, 15) is 0 Å². The molecule has 0 N–H and O–H groups in total. The van der Waals surface area contributed by atoms with Crippen LogP contribution in [0.15, 0.2) is 84.9 Å². The Hall–Kier alpha value is -2.42. The Balaban J connectivity index is 0.000000215. The van der Waals surface area contributed by atoms with Gasteiger partial charge in [-0.25, -0.2) is 0 Å². The van der Waals surface area contributed by atoms with E-state index in [4.69, 9.17) is 21.8 Å². The van der Waals surface area contributed by atoms with Crippen LogP contribution in [0.2, 0.25) is 13.1 Å². The van der Waals surface area contributed by atoms with Gasteiger partial charge in [-0.05, 0) is 68.9 Å². The fraction of sp³-hybridized carbons (Fsp3) is 0.400. The molecule has 0 saturated carbocycles. The average Bonchev–Trinajstić information content (AvgIpc) is 3.83. The van der Waals surface area contributed by atoms with Gasteiger partial charge < -0.3 is 4.74 Å². The van der Waals surface area contributed by atoms with Crippen molar-refractivity contribution in [3.05, 3.63) is 124 Å². The zero-order valence-electron chi connectivity index (χ0n) is 35.9. The molecule has 0 unspecified atom stereocenters. The van der Waals surface area contributed by atoms with Crippen molar-refractivity contribution in [2.45, 2.75) is 125 Å². The van der Waals surface area contributed by atoms with Crippen molar-refractivity contribution in [1.29, 1.82) is 0 Å². The third-order valence-corrected chi connectivity index (χ3v) is 10.4. The molecule has 0 bridgehead atoms. The van der Waals surface area contributed by atoms with Crippen LogP contribution >= 0.6 is 17.0 Å². The first kappa shape index (κ1) is 45.3. The molecule has 0 amide bonds. The molecule has 5 heteroatoms. The number of aryl methyl sites for hydroxylation is 3. The number of hydrogen-bond donors (Lipinski definition) is 0. The third-order valence-electron chi connectivity index (χ3n) is 10.4. The van der Waals surface area contributed by atoms with Crippen LogP contribution in [0, 0.1) is 13.8 Å². The van der Waals surface area contributed by atoms with E-state index in [1.54, 1.807) is 18.2 Å². The Kier molecular flexibility index (Phi) is 15.6. The molecular weight excluding hydrogens is 807 g/mol. The van der Waals surface area contributed by atoms with E-state index in [2.05, 4.69) is 174 Å². The predicted molar refractivity (Wildman–Crippen MR) is 243 cm³/mol. The summed E-state index contributed by atoms with van der Waals surface area (Å²) in [6, 6.07) is 32.2. The SMILES string of the molecule is COc1c(C(C)(C)C)cc2[cH-]c(C)cc2c1-c1ccc(C(C)(C)C)cc1.C[Si]C.Cc1cc2c(-c3ccc(C(C)(C)C)cc3)c3c(cc2[cH-]1)CCC3.[Cl][Zr+2][Cl]. The Morgan fingerprint density at radius 1 is 0.618 bits per heavy atom. The summed E-state index contributed by atoms with van der Waals surface area (Å²) in [5, 5.41) is 5.42. The summed E-state index contributed by atoms with van der Waals surface area (Å²) in [5.41, 5.74) is 15.5. The first-order valence-corrected chi connectivity index (χ1v) is 27.9. The number of ether oxygens (including phenoxy) is 1. The minimum atomic E-state index is -0.826. The van der Waals surface area contributed by atoms with Crippen LogP contribution in [0.4, 0.5) is 0 Å². The molecule has 0 heterocycles. The van der Waals surface area contributed by atoms with Crippen LogP contribution in [-0.4, -0.2) is 16.6 Å². The monoisotopic (exact) mass is 866 g/mol. The Labute approximate surface area is 354 Å². The molecule has 55 heavy (non-hydrogen) atoms. The molecule has 0 aliphatic heterocycles. The van der Waals surface area contributed by atoms with Crippen molar-refractivity contribution in [3.8, 4) is 28.0 Å². The maximum absolute atomic E-state index is 5.97. The van der Waals surface area contributed by atoms with Crippen molar-refractivity contribution in [3.63, 3.8) is 0 Å². The van der Waals surface area contributed by atoms with Gasteiger partial charge in [-0.1, -0.05) is 154 Å². The minimum absolute atomic E-state index is 0.0187. The molecule has 0 saturated heterocycles. The van der Waals surface area contributed by atoms with E-state index in [1.165, 1.54) is 90.9 Å². The number of halogens is 2. The molecule has 2 radical (unpaired) electrons. The maximum atomic E-state index is 5.97. The van der Waals surface area contributed by atoms with Gasteiger partial charge in [0.1, 0.15) is 5.75 Å². The zero-order chi connectivity index (χ0) is 40.9. The van der Waals surface area contributed by atoms with Gasteiger partial charge in [0.2, 0.25) is 0 Å². The summed E-state index contributed by atoms with van der Waals surface area (Å²) in [6.07, 6.45) is 3.77. The van der Waals surface area contributed by atoms with Gasteiger partial charge in [0.25, 0.3) is 0 Å². The van der Waals surface area contributed by atoms with E-state index in [-0.39, 0.29) is 16.2 Å². The molecule has 1 aliphatic rings. The summed E-state index contributed by atoms with van der Waals surface area (Å²) in [7, 11) is 12.7. The molecule has 1 nitrogen and oxygen atoms in total. The second-order valence-electron chi connectivity index (χ2n) is 18.1. The quantitative estimate of drug-likeness (QED) is 0.127. The normalized spacial score (nSPS) is 12.5. The standard InChI is InChI=1S/C25H31O.C23H25.C2H6Si.2ClH.Zr/c1-16-13-18-15-21(25(5,6)7)23(26-8)22(20(18)14-16)17-9-11-19(12-10-17)24(2,3)4;1-15-12-18-14-17-6-5-7-20(17)22(21(18)13-15)16-8-10-19(11-9-16)23(2,3)4;1-3-2;;;/h9-15H,1-8H3;8-14H,5-7H2,1-4H3;1-2H3;2*1H;/q2*-1;;;;+4/p-2. The van der Waals surface area contributed by atoms with Gasteiger partial charge in [0.15, 0.2) is 0 Å². The summed E-state index contributed by atoms with van der Waals surface area (Å²) in [6.45, 7) is 29.0. The van der Waals surface area contributed by atoms with E-state index >= 15 is 0 Å². The molecule has 290 valence electrons.